The fourth-order valence-electron chi connectivity index (χ4n) is 2.13. The number of morpholine rings is 1. The summed E-state index contributed by atoms with van der Waals surface area (Å²) in [7, 11) is 0. The Morgan fingerprint density at radius 3 is 2.79 bits per heavy atom. The number of hydrogen-bond acceptors (Lipinski definition) is 2. The molecule has 0 amide bonds. The second-order valence-electron chi connectivity index (χ2n) is 4.67. The van der Waals surface area contributed by atoms with Crippen molar-refractivity contribution >= 4 is 15.9 Å². The summed E-state index contributed by atoms with van der Waals surface area (Å²) >= 11 is 3.45. The van der Waals surface area contributed by atoms with Crippen LogP contribution in [0.3, 0.4) is 0 Å². The van der Waals surface area contributed by atoms with Crippen molar-refractivity contribution in [1.29, 1.82) is 0 Å². The Morgan fingerprint density at radius 2 is 2.16 bits per heavy atom. The number of rotatable bonds is 2. The molecule has 1 heterocycles. The molecule has 2 rings (SSSR count). The third-order valence-electron chi connectivity index (χ3n) is 3.25. The van der Waals surface area contributed by atoms with Crippen LogP contribution in [-0.2, 0) is 11.3 Å². The number of ether oxygens (including phenoxy) is 1. The van der Waals surface area contributed by atoms with E-state index in [2.05, 4.69) is 15.9 Å². The molecule has 1 aromatic rings. The molecular weight excluding hydrogens is 323 g/mol. The summed E-state index contributed by atoms with van der Waals surface area (Å²) in [5.74, 6) is 0. The van der Waals surface area contributed by atoms with Crippen LogP contribution in [0.2, 0.25) is 0 Å². The molecule has 19 heavy (non-hydrogen) atoms. The minimum absolute atomic E-state index is 0.107. The van der Waals surface area contributed by atoms with Crippen LogP contribution in [0.5, 0.6) is 0 Å². The van der Waals surface area contributed by atoms with E-state index >= 15 is 0 Å². The molecule has 1 aromatic carbocycles. The third kappa shape index (κ3) is 3.70. The molecule has 2 nitrogen and oxygen atoms in total. The molecule has 0 aromatic heterocycles. The Labute approximate surface area is 118 Å². The SMILES string of the molecule is Cc1cccc(Br)c1CN1CCO[C@@H](C(F)(F)F)C1. The van der Waals surface area contributed by atoms with E-state index in [1.54, 1.807) is 4.90 Å². The average molecular weight is 338 g/mol. The van der Waals surface area contributed by atoms with Crippen LogP contribution < -0.4 is 0 Å². The van der Waals surface area contributed by atoms with Crippen molar-refractivity contribution in [2.45, 2.75) is 25.7 Å². The average Bonchev–Trinajstić information content (AvgIpc) is 2.33. The molecule has 0 saturated carbocycles. The van der Waals surface area contributed by atoms with Gasteiger partial charge in [0.2, 0.25) is 0 Å². The molecule has 0 spiro atoms. The summed E-state index contributed by atoms with van der Waals surface area (Å²) in [6, 6.07) is 5.78. The van der Waals surface area contributed by atoms with Gasteiger partial charge in [0.05, 0.1) is 6.61 Å². The molecule has 6 heteroatoms. The van der Waals surface area contributed by atoms with E-state index in [1.165, 1.54) is 0 Å². The normalized spacial score (nSPS) is 21.6. The van der Waals surface area contributed by atoms with Crippen LogP contribution in [0.25, 0.3) is 0 Å². The zero-order valence-electron chi connectivity index (χ0n) is 10.5. The molecule has 0 N–H and O–H groups in total. The summed E-state index contributed by atoms with van der Waals surface area (Å²) in [6.45, 7) is 3.00. The highest BCUT2D eigenvalue weighted by molar-refractivity contribution is 9.10. The van der Waals surface area contributed by atoms with Gasteiger partial charge in [0.25, 0.3) is 0 Å². The van der Waals surface area contributed by atoms with Crippen LogP contribution in [0, 0.1) is 6.92 Å². The fourth-order valence-corrected chi connectivity index (χ4v) is 2.73. The van der Waals surface area contributed by atoms with Gasteiger partial charge < -0.3 is 4.74 Å². The van der Waals surface area contributed by atoms with Crippen molar-refractivity contribution < 1.29 is 17.9 Å². The number of nitrogens with zero attached hydrogens (tertiary/aromatic N) is 1. The van der Waals surface area contributed by atoms with E-state index in [4.69, 9.17) is 4.74 Å². The Bertz CT molecular complexity index is 430. The van der Waals surface area contributed by atoms with Crippen molar-refractivity contribution in [1.82, 2.24) is 4.90 Å². The van der Waals surface area contributed by atoms with Crippen molar-refractivity contribution in [3.05, 3.63) is 33.8 Å². The van der Waals surface area contributed by atoms with Gasteiger partial charge in [-0.2, -0.15) is 13.2 Å². The van der Waals surface area contributed by atoms with Crippen LogP contribution >= 0.6 is 15.9 Å². The lowest BCUT2D eigenvalue weighted by Gasteiger charge is -2.34. The molecule has 0 aliphatic carbocycles. The molecule has 1 aliphatic rings. The van der Waals surface area contributed by atoms with Gasteiger partial charge in [0.15, 0.2) is 6.10 Å². The van der Waals surface area contributed by atoms with Crippen LogP contribution in [-0.4, -0.2) is 36.9 Å². The van der Waals surface area contributed by atoms with E-state index in [0.717, 1.165) is 15.6 Å². The molecule has 1 atom stereocenters. The second kappa shape index (κ2) is 5.81. The third-order valence-corrected chi connectivity index (χ3v) is 3.99. The zero-order valence-corrected chi connectivity index (χ0v) is 12.1. The summed E-state index contributed by atoms with van der Waals surface area (Å²) in [6.07, 6.45) is -5.97. The number of benzene rings is 1. The number of halogens is 4. The first kappa shape index (κ1) is 14.8. The van der Waals surface area contributed by atoms with E-state index < -0.39 is 12.3 Å². The maximum absolute atomic E-state index is 12.7. The van der Waals surface area contributed by atoms with E-state index in [-0.39, 0.29) is 13.2 Å². The monoisotopic (exact) mass is 337 g/mol. The first-order chi connectivity index (χ1) is 8.88. The maximum Gasteiger partial charge on any atom is 0.415 e. The molecule has 1 saturated heterocycles. The van der Waals surface area contributed by atoms with E-state index in [1.807, 2.05) is 25.1 Å². The van der Waals surface area contributed by atoms with Gasteiger partial charge in [0.1, 0.15) is 0 Å². The lowest BCUT2D eigenvalue weighted by molar-refractivity contribution is -0.237. The van der Waals surface area contributed by atoms with E-state index in [9.17, 15) is 13.2 Å². The Morgan fingerprint density at radius 1 is 1.42 bits per heavy atom. The van der Waals surface area contributed by atoms with Crippen molar-refractivity contribution in [2.75, 3.05) is 19.7 Å². The highest BCUT2D eigenvalue weighted by Crippen LogP contribution is 2.28. The van der Waals surface area contributed by atoms with Gasteiger partial charge in [-0.25, -0.2) is 0 Å². The van der Waals surface area contributed by atoms with Gasteiger partial charge >= 0.3 is 6.18 Å². The Kier molecular flexibility index (Phi) is 4.53. The summed E-state index contributed by atoms with van der Waals surface area (Å²) in [5, 5.41) is 0. The lowest BCUT2D eigenvalue weighted by Crippen LogP contribution is -2.48. The fraction of sp³-hybridized carbons (Fsp3) is 0.538. The second-order valence-corrected chi connectivity index (χ2v) is 5.53. The van der Waals surface area contributed by atoms with Crippen LogP contribution in [0.4, 0.5) is 13.2 Å². The van der Waals surface area contributed by atoms with Gasteiger partial charge in [-0.1, -0.05) is 28.1 Å². The summed E-state index contributed by atoms with van der Waals surface area (Å²) < 4.78 is 43.7. The summed E-state index contributed by atoms with van der Waals surface area (Å²) in [4.78, 5) is 1.79. The van der Waals surface area contributed by atoms with Crippen LogP contribution in [0.1, 0.15) is 11.1 Å². The molecule has 106 valence electrons. The van der Waals surface area contributed by atoms with Gasteiger partial charge in [0, 0.05) is 24.1 Å². The first-order valence-electron chi connectivity index (χ1n) is 6.02. The summed E-state index contributed by atoms with van der Waals surface area (Å²) in [5.41, 5.74) is 2.11. The minimum atomic E-state index is -4.29. The predicted molar refractivity (Wildman–Crippen MR) is 70.0 cm³/mol. The molecular formula is C13H15BrF3NO. The number of hydrogen-bond donors (Lipinski definition) is 0. The zero-order chi connectivity index (χ0) is 14.0. The molecule has 0 unspecified atom stereocenters. The first-order valence-corrected chi connectivity index (χ1v) is 6.82. The highest BCUT2D eigenvalue weighted by atomic mass is 79.9. The highest BCUT2D eigenvalue weighted by Gasteiger charge is 2.43. The van der Waals surface area contributed by atoms with Crippen LogP contribution in [0.15, 0.2) is 22.7 Å². The quantitative estimate of drug-likeness (QED) is 0.818. The molecule has 1 fully saturated rings. The molecule has 0 radical (unpaired) electrons. The maximum atomic E-state index is 12.7. The largest absolute Gasteiger partial charge is 0.415 e. The topological polar surface area (TPSA) is 12.5 Å². The van der Waals surface area contributed by atoms with Crippen molar-refractivity contribution in [3.63, 3.8) is 0 Å². The smallest absolute Gasteiger partial charge is 0.366 e. The molecule has 1 aliphatic heterocycles. The Hall–Kier alpha value is -0.590. The van der Waals surface area contributed by atoms with E-state index in [0.29, 0.717) is 13.1 Å². The van der Waals surface area contributed by atoms with Crippen molar-refractivity contribution in [2.24, 2.45) is 0 Å². The molecule has 0 bridgehead atoms. The number of alkyl halides is 3. The van der Waals surface area contributed by atoms with Gasteiger partial charge in [-0.15, -0.1) is 0 Å². The standard InChI is InChI=1S/C13H15BrF3NO/c1-9-3-2-4-11(14)10(9)7-18-5-6-19-12(8-18)13(15,16)17/h2-4,12H,5-8H2,1H3/t12-/m1/s1. The Balaban J connectivity index is 2.07. The predicted octanol–water partition coefficient (Wildman–Crippen LogP) is 3.52. The minimum Gasteiger partial charge on any atom is -0.366 e. The van der Waals surface area contributed by atoms with Gasteiger partial charge in [-0.3, -0.25) is 4.90 Å². The van der Waals surface area contributed by atoms with Crippen molar-refractivity contribution in [3.8, 4) is 0 Å². The van der Waals surface area contributed by atoms with Gasteiger partial charge in [-0.05, 0) is 24.1 Å². The lowest BCUT2D eigenvalue weighted by atomic mass is 10.1. The number of aryl methyl sites for hydroxylation is 1.